The minimum absolute atomic E-state index is 0.163. The lowest BCUT2D eigenvalue weighted by atomic mass is 10.1. The number of urea groups is 1. The molecular weight excluding hydrogens is 349 g/mol. The molecule has 3 N–H and O–H groups in total. The van der Waals surface area contributed by atoms with Crippen LogP contribution in [0, 0.1) is 0 Å². The zero-order valence-electron chi connectivity index (χ0n) is 14.7. The van der Waals surface area contributed by atoms with E-state index in [9.17, 15) is 22.8 Å². The molecule has 0 unspecified atom stereocenters. The van der Waals surface area contributed by atoms with Gasteiger partial charge in [0.05, 0.1) is 31.7 Å². The number of amides is 3. The second-order valence-electron chi connectivity index (χ2n) is 6.27. The molecule has 144 valence electrons. The van der Waals surface area contributed by atoms with Gasteiger partial charge in [0.25, 0.3) is 5.91 Å². The van der Waals surface area contributed by atoms with Gasteiger partial charge in [-0.25, -0.2) is 4.79 Å². The SMILES string of the molecule is CCCNC(=O)NC(=O)C[NH+]1CCN(c2cccc(C(F)(F)F)c2)CC1. The molecule has 0 atom stereocenters. The number of hydrogen-bond donors (Lipinski definition) is 3. The van der Waals surface area contributed by atoms with Gasteiger partial charge in [-0.3, -0.25) is 10.1 Å². The standard InChI is InChI=1S/C17H23F3N4O2/c1-2-6-21-16(26)22-15(25)12-23-7-9-24(10-8-23)14-5-3-4-13(11-14)17(18,19)20/h3-5,11H,2,6-10,12H2,1H3,(H2,21,22,25,26)/p+1. The van der Waals surface area contributed by atoms with Crippen molar-refractivity contribution >= 4 is 17.6 Å². The minimum atomic E-state index is -4.36. The zero-order valence-corrected chi connectivity index (χ0v) is 14.7. The van der Waals surface area contributed by atoms with E-state index in [-0.39, 0.29) is 12.5 Å². The van der Waals surface area contributed by atoms with Crippen LogP contribution in [0.2, 0.25) is 0 Å². The summed E-state index contributed by atoms with van der Waals surface area (Å²) in [5, 5.41) is 4.85. The Bertz CT molecular complexity index is 629. The Morgan fingerprint density at radius 3 is 2.54 bits per heavy atom. The molecule has 0 aromatic heterocycles. The molecule has 1 aromatic carbocycles. The number of anilines is 1. The molecule has 0 aliphatic carbocycles. The third kappa shape index (κ3) is 5.91. The number of carbonyl (C=O) groups is 2. The summed E-state index contributed by atoms with van der Waals surface area (Å²) < 4.78 is 38.5. The van der Waals surface area contributed by atoms with E-state index < -0.39 is 17.8 Å². The normalized spacial score (nSPS) is 15.6. The number of benzene rings is 1. The van der Waals surface area contributed by atoms with Gasteiger partial charge >= 0.3 is 12.2 Å². The van der Waals surface area contributed by atoms with Crippen molar-refractivity contribution in [3.63, 3.8) is 0 Å². The highest BCUT2D eigenvalue weighted by atomic mass is 19.4. The molecule has 0 saturated carbocycles. The highest BCUT2D eigenvalue weighted by Gasteiger charge is 2.31. The van der Waals surface area contributed by atoms with E-state index in [1.807, 2.05) is 11.8 Å². The molecule has 1 aromatic rings. The first-order chi connectivity index (χ1) is 12.3. The van der Waals surface area contributed by atoms with Crippen LogP contribution >= 0.6 is 0 Å². The minimum Gasteiger partial charge on any atom is -0.360 e. The van der Waals surface area contributed by atoms with Gasteiger partial charge in [0, 0.05) is 12.2 Å². The van der Waals surface area contributed by atoms with E-state index >= 15 is 0 Å². The maximum absolute atomic E-state index is 12.8. The first-order valence-corrected chi connectivity index (χ1v) is 8.63. The largest absolute Gasteiger partial charge is 0.416 e. The summed E-state index contributed by atoms with van der Waals surface area (Å²) in [6, 6.07) is 4.76. The molecule has 6 nitrogen and oxygen atoms in total. The highest BCUT2D eigenvalue weighted by Crippen LogP contribution is 2.31. The summed E-state index contributed by atoms with van der Waals surface area (Å²) in [4.78, 5) is 26.2. The quantitative estimate of drug-likeness (QED) is 0.710. The lowest BCUT2D eigenvalue weighted by Gasteiger charge is -2.33. The number of carbonyl (C=O) groups excluding carboxylic acids is 2. The average molecular weight is 373 g/mol. The summed E-state index contributed by atoms with van der Waals surface area (Å²) in [5.74, 6) is -0.360. The Morgan fingerprint density at radius 2 is 1.92 bits per heavy atom. The number of alkyl halides is 3. The Balaban J connectivity index is 1.82. The van der Waals surface area contributed by atoms with Crippen molar-refractivity contribution in [1.82, 2.24) is 10.6 Å². The molecule has 0 radical (unpaired) electrons. The number of rotatable bonds is 5. The second kappa shape index (κ2) is 8.88. The van der Waals surface area contributed by atoms with Crippen LogP contribution in [0.15, 0.2) is 24.3 Å². The molecule has 3 amide bonds. The number of nitrogens with zero attached hydrogens (tertiary/aromatic N) is 1. The van der Waals surface area contributed by atoms with Crippen molar-refractivity contribution in [2.24, 2.45) is 0 Å². The summed E-state index contributed by atoms with van der Waals surface area (Å²) in [5.41, 5.74) is -0.135. The van der Waals surface area contributed by atoms with Gasteiger partial charge in [0.1, 0.15) is 0 Å². The number of quaternary nitrogens is 1. The van der Waals surface area contributed by atoms with Crippen molar-refractivity contribution < 1.29 is 27.7 Å². The molecule has 0 spiro atoms. The summed E-state index contributed by atoms with van der Waals surface area (Å²) in [6.45, 7) is 4.89. The molecular formula is C17H24F3N4O2+. The smallest absolute Gasteiger partial charge is 0.360 e. The number of imide groups is 1. The molecule has 26 heavy (non-hydrogen) atoms. The summed E-state index contributed by atoms with van der Waals surface area (Å²) in [7, 11) is 0. The maximum Gasteiger partial charge on any atom is 0.416 e. The number of halogens is 3. The highest BCUT2D eigenvalue weighted by molar-refractivity contribution is 5.94. The van der Waals surface area contributed by atoms with Crippen molar-refractivity contribution in [1.29, 1.82) is 0 Å². The van der Waals surface area contributed by atoms with Crippen molar-refractivity contribution in [3.8, 4) is 0 Å². The van der Waals surface area contributed by atoms with Crippen LogP contribution in [0.3, 0.4) is 0 Å². The lowest BCUT2D eigenvalue weighted by Crippen LogP contribution is -3.16. The van der Waals surface area contributed by atoms with Gasteiger partial charge in [0.15, 0.2) is 6.54 Å². The monoisotopic (exact) mass is 373 g/mol. The van der Waals surface area contributed by atoms with E-state index in [1.165, 1.54) is 6.07 Å². The topological polar surface area (TPSA) is 65.9 Å². The fourth-order valence-electron chi connectivity index (χ4n) is 2.82. The van der Waals surface area contributed by atoms with Gasteiger partial charge in [-0.15, -0.1) is 0 Å². The van der Waals surface area contributed by atoms with Crippen LogP contribution in [0.1, 0.15) is 18.9 Å². The second-order valence-corrected chi connectivity index (χ2v) is 6.27. The predicted octanol–water partition coefficient (Wildman–Crippen LogP) is 0.646. The first-order valence-electron chi connectivity index (χ1n) is 8.63. The van der Waals surface area contributed by atoms with Crippen LogP contribution in [0.4, 0.5) is 23.7 Å². The molecule has 0 bridgehead atoms. The third-order valence-electron chi connectivity index (χ3n) is 4.21. The van der Waals surface area contributed by atoms with Crippen LogP contribution < -0.4 is 20.4 Å². The summed E-state index contributed by atoms with van der Waals surface area (Å²) in [6.07, 6.45) is -3.58. The van der Waals surface area contributed by atoms with Crippen LogP contribution in [0.5, 0.6) is 0 Å². The molecule has 1 aliphatic rings. The molecule has 1 aliphatic heterocycles. The average Bonchev–Trinajstić information content (AvgIpc) is 2.60. The molecule has 1 heterocycles. The Kier molecular flexibility index (Phi) is 6.84. The Labute approximate surface area is 150 Å². The maximum atomic E-state index is 12.8. The zero-order chi connectivity index (χ0) is 19.2. The van der Waals surface area contributed by atoms with Gasteiger partial charge in [-0.05, 0) is 24.6 Å². The van der Waals surface area contributed by atoms with E-state index in [2.05, 4.69) is 10.6 Å². The number of hydrogen-bond acceptors (Lipinski definition) is 3. The van der Waals surface area contributed by atoms with E-state index in [1.54, 1.807) is 6.07 Å². The van der Waals surface area contributed by atoms with Crippen molar-refractivity contribution in [2.75, 3.05) is 44.2 Å². The lowest BCUT2D eigenvalue weighted by molar-refractivity contribution is -0.892. The number of piperazine rings is 1. The fourth-order valence-corrected chi connectivity index (χ4v) is 2.82. The number of nitrogens with one attached hydrogen (secondary N) is 3. The van der Waals surface area contributed by atoms with Gasteiger partial charge in [-0.1, -0.05) is 13.0 Å². The van der Waals surface area contributed by atoms with Crippen LogP contribution in [-0.4, -0.2) is 51.2 Å². The van der Waals surface area contributed by atoms with Crippen molar-refractivity contribution in [2.45, 2.75) is 19.5 Å². The van der Waals surface area contributed by atoms with Crippen molar-refractivity contribution in [3.05, 3.63) is 29.8 Å². The third-order valence-corrected chi connectivity index (χ3v) is 4.21. The predicted molar refractivity (Wildman–Crippen MR) is 91.1 cm³/mol. The van der Waals surface area contributed by atoms with Crippen LogP contribution in [-0.2, 0) is 11.0 Å². The van der Waals surface area contributed by atoms with E-state index in [0.29, 0.717) is 38.4 Å². The molecule has 1 saturated heterocycles. The molecule has 9 heteroatoms. The Morgan fingerprint density at radius 1 is 1.23 bits per heavy atom. The van der Waals surface area contributed by atoms with Gasteiger partial charge < -0.3 is 15.1 Å². The fraction of sp³-hybridized carbons (Fsp3) is 0.529. The van der Waals surface area contributed by atoms with Crippen LogP contribution in [0.25, 0.3) is 0 Å². The molecule has 1 fully saturated rings. The first kappa shape index (κ1) is 20.0. The molecule has 2 rings (SSSR count). The Hall–Kier alpha value is -2.29. The summed E-state index contributed by atoms with van der Waals surface area (Å²) >= 11 is 0. The van der Waals surface area contributed by atoms with Gasteiger partial charge in [-0.2, -0.15) is 13.2 Å². The van der Waals surface area contributed by atoms with E-state index in [4.69, 9.17) is 0 Å². The van der Waals surface area contributed by atoms with Gasteiger partial charge in [0.2, 0.25) is 0 Å². The van der Waals surface area contributed by atoms with E-state index in [0.717, 1.165) is 23.5 Å².